The molecule has 0 aromatic heterocycles. The molecule has 3 nitrogen and oxygen atoms in total. The average Bonchev–Trinajstić information content (AvgIpc) is 2.88. The van der Waals surface area contributed by atoms with Crippen LogP contribution in [0.3, 0.4) is 0 Å². The van der Waals surface area contributed by atoms with Crippen molar-refractivity contribution in [3.05, 3.63) is 69.7 Å². The minimum atomic E-state index is -4.79. The Morgan fingerprint density at radius 3 is 2.32 bits per heavy atom. The topological polar surface area (TPSA) is 32.7 Å². The third-order valence-corrected chi connectivity index (χ3v) is 3.97. The fourth-order valence-corrected chi connectivity index (χ4v) is 2.74. The maximum Gasteiger partial charge on any atom is 0.435 e. The number of hydrazone groups is 1. The van der Waals surface area contributed by atoms with E-state index in [0.717, 1.165) is 11.1 Å². The predicted octanol–water partition coefficient (Wildman–Crippen LogP) is 5.34. The Kier molecular flexibility index (Phi) is 4.58. The number of nitrogens with zero attached hydrogens (tertiary/aromatic N) is 2. The van der Waals surface area contributed by atoms with E-state index in [0.29, 0.717) is 5.02 Å². The first-order chi connectivity index (χ1) is 11.8. The molecular formula is C17H9Cl2F3N2O. The highest BCUT2D eigenvalue weighted by Crippen LogP contribution is 2.33. The van der Waals surface area contributed by atoms with Crippen LogP contribution in [0.15, 0.2) is 59.2 Å². The fraction of sp³-hybridized carbons (Fsp3) is 0.0588. The van der Waals surface area contributed by atoms with E-state index in [9.17, 15) is 18.0 Å². The number of carbonyl (C=O) groups is 1. The van der Waals surface area contributed by atoms with Crippen molar-refractivity contribution in [3.63, 3.8) is 0 Å². The molecule has 1 heterocycles. The lowest BCUT2D eigenvalue weighted by atomic mass is 10.1. The molecule has 1 amide bonds. The third-order valence-electron chi connectivity index (χ3n) is 3.41. The van der Waals surface area contributed by atoms with Crippen LogP contribution in [0.25, 0.3) is 6.08 Å². The quantitative estimate of drug-likeness (QED) is 0.643. The Morgan fingerprint density at radius 1 is 1.04 bits per heavy atom. The van der Waals surface area contributed by atoms with Crippen molar-refractivity contribution in [2.75, 3.05) is 5.01 Å². The Labute approximate surface area is 151 Å². The highest BCUT2D eigenvalue weighted by molar-refractivity contribution is 6.37. The molecule has 0 atom stereocenters. The predicted molar refractivity (Wildman–Crippen MR) is 91.9 cm³/mol. The second-order valence-electron chi connectivity index (χ2n) is 5.12. The van der Waals surface area contributed by atoms with Gasteiger partial charge in [-0.2, -0.15) is 23.3 Å². The first-order valence-corrected chi connectivity index (χ1v) is 7.75. The van der Waals surface area contributed by atoms with Gasteiger partial charge >= 0.3 is 6.18 Å². The van der Waals surface area contributed by atoms with Crippen LogP contribution in [0.4, 0.5) is 18.9 Å². The highest BCUT2D eigenvalue weighted by atomic mass is 35.5. The number of carbonyl (C=O) groups excluding carboxylic acids is 1. The molecule has 3 rings (SSSR count). The minimum absolute atomic E-state index is 0.132. The molecule has 128 valence electrons. The standard InChI is InChI=1S/C17H9Cl2F3N2O/c18-11-7-6-10(14(19)9-11)8-13-15(17(20,21)22)23-24(16(13)25)12-4-2-1-3-5-12/h1-9H/b13-8-. The minimum Gasteiger partial charge on any atom is -0.267 e. The number of hydrogen-bond donors (Lipinski definition) is 0. The zero-order valence-electron chi connectivity index (χ0n) is 12.4. The van der Waals surface area contributed by atoms with Gasteiger partial charge in [0.1, 0.15) is 0 Å². The maximum absolute atomic E-state index is 13.3. The van der Waals surface area contributed by atoms with Gasteiger partial charge < -0.3 is 0 Å². The normalized spacial score (nSPS) is 16.5. The molecule has 2 aromatic carbocycles. The second kappa shape index (κ2) is 6.54. The number of anilines is 1. The van der Waals surface area contributed by atoms with Crippen molar-refractivity contribution in [1.29, 1.82) is 0 Å². The van der Waals surface area contributed by atoms with E-state index in [1.54, 1.807) is 18.2 Å². The molecule has 8 heteroatoms. The van der Waals surface area contributed by atoms with Crippen LogP contribution in [0.2, 0.25) is 10.0 Å². The Balaban J connectivity index is 2.10. The molecule has 0 aliphatic carbocycles. The van der Waals surface area contributed by atoms with Gasteiger partial charge in [0, 0.05) is 10.0 Å². The van der Waals surface area contributed by atoms with E-state index < -0.39 is 23.4 Å². The summed E-state index contributed by atoms with van der Waals surface area (Å²) in [6.07, 6.45) is -3.72. The lowest BCUT2D eigenvalue weighted by Crippen LogP contribution is -2.25. The number of alkyl halides is 3. The van der Waals surface area contributed by atoms with Crippen molar-refractivity contribution in [1.82, 2.24) is 0 Å². The molecule has 2 aromatic rings. The summed E-state index contributed by atoms with van der Waals surface area (Å²) in [6.45, 7) is 0. The largest absolute Gasteiger partial charge is 0.435 e. The summed E-state index contributed by atoms with van der Waals surface area (Å²) < 4.78 is 40.0. The summed E-state index contributed by atoms with van der Waals surface area (Å²) in [7, 11) is 0. The van der Waals surface area contributed by atoms with Crippen LogP contribution < -0.4 is 5.01 Å². The molecule has 25 heavy (non-hydrogen) atoms. The number of para-hydroxylation sites is 1. The number of amides is 1. The summed E-state index contributed by atoms with van der Waals surface area (Å²) in [5, 5.41) is 4.66. The molecule has 1 aliphatic rings. The van der Waals surface area contributed by atoms with Gasteiger partial charge in [0.15, 0.2) is 5.71 Å². The number of rotatable bonds is 2. The van der Waals surface area contributed by atoms with Crippen molar-refractivity contribution < 1.29 is 18.0 Å². The summed E-state index contributed by atoms with van der Waals surface area (Å²) in [6, 6.07) is 12.2. The average molecular weight is 385 g/mol. The van der Waals surface area contributed by atoms with Crippen LogP contribution in [0.5, 0.6) is 0 Å². The van der Waals surface area contributed by atoms with E-state index in [-0.39, 0.29) is 16.3 Å². The molecule has 1 aliphatic heterocycles. The van der Waals surface area contributed by atoms with Crippen molar-refractivity contribution in [3.8, 4) is 0 Å². The van der Waals surface area contributed by atoms with Crippen LogP contribution in [0, 0.1) is 0 Å². The monoisotopic (exact) mass is 384 g/mol. The Morgan fingerprint density at radius 2 is 1.72 bits per heavy atom. The molecule has 0 spiro atoms. The SMILES string of the molecule is O=C1/C(=C\c2ccc(Cl)cc2Cl)C(C(F)(F)F)=NN1c1ccccc1. The second-order valence-corrected chi connectivity index (χ2v) is 5.97. The van der Waals surface area contributed by atoms with E-state index in [4.69, 9.17) is 23.2 Å². The van der Waals surface area contributed by atoms with E-state index in [2.05, 4.69) is 5.10 Å². The summed E-state index contributed by atoms with van der Waals surface area (Å²) in [5.74, 6) is -0.885. The van der Waals surface area contributed by atoms with Gasteiger partial charge in [-0.25, -0.2) is 0 Å². The molecule has 0 saturated heterocycles. The first-order valence-electron chi connectivity index (χ1n) is 7.00. The van der Waals surface area contributed by atoms with E-state index in [1.165, 1.54) is 30.3 Å². The summed E-state index contributed by atoms with van der Waals surface area (Å²) >= 11 is 11.8. The lowest BCUT2D eigenvalue weighted by Gasteiger charge is -2.11. The van der Waals surface area contributed by atoms with Gasteiger partial charge in [0.2, 0.25) is 0 Å². The zero-order valence-corrected chi connectivity index (χ0v) is 13.9. The van der Waals surface area contributed by atoms with E-state index in [1.807, 2.05) is 0 Å². The summed E-state index contributed by atoms with van der Waals surface area (Å²) in [4.78, 5) is 12.5. The molecule has 0 unspecified atom stereocenters. The molecule has 0 N–H and O–H groups in total. The van der Waals surface area contributed by atoms with Gasteiger partial charge in [-0.3, -0.25) is 4.79 Å². The van der Waals surface area contributed by atoms with Gasteiger partial charge in [0.05, 0.1) is 11.3 Å². The van der Waals surface area contributed by atoms with Crippen molar-refractivity contribution >= 4 is 46.6 Å². The number of hydrogen-bond acceptors (Lipinski definition) is 2. The van der Waals surface area contributed by atoms with Crippen molar-refractivity contribution in [2.45, 2.75) is 6.18 Å². The van der Waals surface area contributed by atoms with Crippen LogP contribution in [0.1, 0.15) is 5.56 Å². The molecule has 0 saturated carbocycles. The van der Waals surface area contributed by atoms with E-state index >= 15 is 0 Å². The van der Waals surface area contributed by atoms with Gasteiger partial charge in [0.25, 0.3) is 5.91 Å². The molecule has 0 radical (unpaired) electrons. The Hall–Kier alpha value is -2.31. The lowest BCUT2D eigenvalue weighted by molar-refractivity contribution is -0.114. The van der Waals surface area contributed by atoms with Crippen LogP contribution >= 0.6 is 23.2 Å². The molecule has 0 fully saturated rings. The van der Waals surface area contributed by atoms with Crippen LogP contribution in [-0.2, 0) is 4.79 Å². The van der Waals surface area contributed by atoms with Gasteiger partial charge in [-0.05, 0) is 35.9 Å². The van der Waals surface area contributed by atoms with Gasteiger partial charge in [-0.1, -0.05) is 47.5 Å². The zero-order chi connectivity index (χ0) is 18.2. The number of halogens is 5. The smallest absolute Gasteiger partial charge is 0.267 e. The van der Waals surface area contributed by atoms with Crippen molar-refractivity contribution in [2.24, 2.45) is 5.10 Å². The summed E-state index contributed by atoms with van der Waals surface area (Å²) in [5.41, 5.74) is -1.38. The maximum atomic E-state index is 13.3. The van der Waals surface area contributed by atoms with Crippen LogP contribution in [-0.4, -0.2) is 17.8 Å². The Bertz CT molecular complexity index is 893. The fourth-order valence-electron chi connectivity index (χ4n) is 2.27. The molecular weight excluding hydrogens is 376 g/mol. The first kappa shape index (κ1) is 17.5. The highest BCUT2D eigenvalue weighted by Gasteiger charge is 2.46. The number of benzene rings is 2. The van der Waals surface area contributed by atoms with Gasteiger partial charge in [-0.15, -0.1) is 0 Å². The third kappa shape index (κ3) is 3.55. The molecule has 0 bridgehead atoms.